The zero-order chi connectivity index (χ0) is 19.4. The van der Waals surface area contributed by atoms with Crippen LogP contribution in [0.15, 0.2) is 48.5 Å². The SMILES string of the molecule is Cc1ccc([C@@H](C(=O)N2CCN(c3ccccc3C#N)CC2)N(C)C)cc1. The highest BCUT2D eigenvalue weighted by Gasteiger charge is 2.30. The zero-order valence-corrected chi connectivity index (χ0v) is 16.2. The molecule has 1 amide bonds. The number of amides is 1. The number of para-hydroxylation sites is 1. The van der Waals surface area contributed by atoms with Gasteiger partial charge in [0, 0.05) is 26.2 Å². The van der Waals surface area contributed by atoms with E-state index < -0.39 is 0 Å². The van der Waals surface area contributed by atoms with Gasteiger partial charge in [0.1, 0.15) is 12.1 Å². The number of hydrogen-bond donors (Lipinski definition) is 0. The summed E-state index contributed by atoms with van der Waals surface area (Å²) in [5.41, 5.74) is 3.85. The van der Waals surface area contributed by atoms with Crippen molar-refractivity contribution in [2.24, 2.45) is 0 Å². The molecular formula is C22H26N4O. The van der Waals surface area contributed by atoms with E-state index in [0.29, 0.717) is 18.7 Å². The molecule has 1 atom stereocenters. The van der Waals surface area contributed by atoms with Gasteiger partial charge in [-0.2, -0.15) is 5.26 Å². The van der Waals surface area contributed by atoms with Crippen molar-refractivity contribution in [3.8, 4) is 6.07 Å². The summed E-state index contributed by atoms with van der Waals surface area (Å²) in [4.78, 5) is 19.3. The smallest absolute Gasteiger partial charge is 0.244 e. The maximum atomic E-state index is 13.2. The lowest BCUT2D eigenvalue weighted by atomic mass is 10.0. The van der Waals surface area contributed by atoms with E-state index in [4.69, 9.17) is 0 Å². The molecule has 27 heavy (non-hydrogen) atoms. The van der Waals surface area contributed by atoms with Crippen LogP contribution in [0.3, 0.4) is 0 Å². The van der Waals surface area contributed by atoms with E-state index in [1.807, 2.05) is 60.3 Å². The van der Waals surface area contributed by atoms with Gasteiger partial charge in [0.15, 0.2) is 0 Å². The van der Waals surface area contributed by atoms with Crippen LogP contribution in [0.4, 0.5) is 5.69 Å². The fourth-order valence-corrected chi connectivity index (χ4v) is 3.59. The van der Waals surface area contributed by atoms with Gasteiger partial charge in [-0.1, -0.05) is 42.0 Å². The predicted molar refractivity (Wildman–Crippen MR) is 108 cm³/mol. The van der Waals surface area contributed by atoms with Gasteiger partial charge in [-0.05, 0) is 38.7 Å². The van der Waals surface area contributed by atoms with Crippen LogP contribution < -0.4 is 4.90 Å². The molecule has 0 spiro atoms. The molecule has 0 aromatic heterocycles. The first kappa shape index (κ1) is 18.9. The second-order valence-corrected chi connectivity index (χ2v) is 7.22. The third-order valence-electron chi connectivity index (χ3n) is 5.10. The lowest BCUT2D eigenvalue weighted by molar-refractivity contribution is -0.136. The van der Waals surface area contributed by atoms with Crippen molar-refractivity contribution in [3.63, 3.8) is 0 Å². The van der Waals surface area contributed by atoms with Gasteiger partial charge >= 0.3 is 0 Å². The summed E-state index contributed by atoms with van der Waals surface area (Å²) in [6.07, 6.45) is 0. The Kier molecular flexibility index (Phi) is 5.78. The molecule has 3 rings (SSSR count). The van der Waals surface area contributed by atoms with Crippen LogP contribution in [-0.2, 0) is 4.79 Å². The van der Waals surface area contributed by atoms with Crippen LogP contribution in [0.5, 0.6) is 0 Å². The molecule has 0 aliphatic carbocycles. The Bertz CT molecular complexity index is 830. The molecule has 1 fully saturated rings. The Hall–Kier alpha value is -2.84. The normalized spacial score (nSPS) is 15.5. The molecule has 0 unspecified atom stereocenters. The average Bonchev–Trinajstić information content (AvgIpc) is 2.69. The zero-order valence-electron chi connectivity index (χ0n) is 16.2. The van der Waals surface area contributed by atoms with Crippen molar-refractivity contribution in [1.82, 2.24) is 9.80 Å². The van der Waals surface area contributed by atoms with Crippen molar-refractivity contribution in [3.05, 3.63) is 65.2 Å². The van der Waals surface area contributed by atoms with Crippen LogP contribution in [0.25, 0.3) is 0 Å². The van der Waals surface area contributed by atoms with Gasteiger partial charge in [0.05, 0.1) is 11.3 Å². The first-order valence-corrected chi connectivity index (χ1v) is 9.27. The molecule has 0 bridgehead atoms. The predicted octanol–water partition coefficient (Wildman–Crippen LogP) is 2.82. The average molecular weight is 362 g/mol. The van der Waals surface area contributed by atoms with Gasteiger partial charge in [0.25, 0.3) is 0 Å². The first-order valence-electron chi connectivity index (χ1n) is 9.27. The van der Waals surface area contributed by atoms with Crippen molar-refractivity contribution in [2.75, 3.05) is 45.2 Å². The fraction of sp³-hybridized carbons (Fsp3) is 0.364. The number of anilines is 1. The molecule has 1 aliphatic heterocycles. The van der Waals surface area contributed by atoms with Gasteiger partial charge in [-0.15, -0.1) is 0 Å². The van der Waals surface area contributed by atoms with Crippen LogP contribution in [0, 0.1) is 18.3 Å². The number of nitriles is 1. The third-order valence-corrected chi connectivity index (χ3v) is 5.10. The summed E-state index contributed by atoms with van der Waals surface area (Å²) in [5.74, 6) is 0.136. The largest absolute Gasteiger partial charge is 0.367 e. The molecule has 5 heteroatoms. The quantitative estimate of drug-likeness (QED) is 0.839. The van der Waals surface area contributed by atoms with Crippen LogP contribution in [-0.4, -0.2) is 56.0 Å². The van der Waals surface area contributed by atoms with E-state index in [0.717, 1.165) is 24.3 Å². The molecule has 0 N–H and O–H groups in total. The Morgan fingerprint density at radius 3 is 2.26 bits per heavy atom. The highest BCUT2D eigenvalue weighted by Crippen LogP contribution is 2.25. The highest BCUT2D eigenvalue weighted by molar-refractivity contribution is 5.83. The van der Waals surface area contributed by atoms with Crippen LogP contribution >= 0.6 is 0 Å². The molecule has 0 saturated carbocycles. The van der Waals surface area contributed by atoms with E-state index in [-0.39, 0.29) is 11.9 Å². The third kappa shape index (κ3) is 4.12. The number of piperazine rings is 1. The topological polar surface area (TPSA) is 50.6 Å². The molecule has 1 aliphatic rings. The summed E-state index contributed by atoms with van der Waals surface area (Å²) >= 11 is 0. The summed E-state index contributed by atoms with van der Waals surface area (Å²) in [7, 11) is 3.89. The summed E-state index contributed by atoms with van der Waals surface area (Å²) < 4.78 is 0. The maximum Gasteiger partial charge on any atom is 0.244 e. The van der Waals surface area contributed by atoms with E-state index in [9.17, 15) is 10.1 Å². The van der Waals surface area contributed by atoms with E-state index >= 15 is 0 Å². The monoisotopic (exact) mass is 362 g/mol. The molecule has 5 nitrogen and oxygen atoms in total. The van der Waals surface area contributed by atoms with Crippen molar-refractivity contribution in [1.29, 1.82) is 5.26 Å². The lowest BCUT2D eigenvalue weighted by Gasteiger charge is -2.39. The minimum Gasteiger partial charge on any atom is -0.367 e. The summed E-state index contributed by atoms with van der Waals surface area (Å²) in [6, 6.07) is 17.8. The highest BCUT2D eigenvalue weighted by atomic mass is 16.2. The van der Waals surface area contributed by atoms with E-state index in [1.54, 1.807) is 0 Å². The number of carbonyl (C=O) groups is 1. The lowest BCUT2D eigenvalue weighted by Crippen LogP contribution is -2.51. The maximum absolute atomic E-state index is 13.2. The Morgan fingerprint density at radius 1 is 1.04 bits per heavy atom. The number of likely N-dealkylation sites (N-methyl/N-ethyl adjacent to an activating group) is 1. The van der Waals surface area contributed by atoms with Crippen LogP contribution in [0.2, 0.25) is 0 Å². The molecule has 1 saturated heterocycles. The number of benzene rings is 2. The number of aryl methyl sites for hydroxylation is 1. The molecule has 140 valence electrons. The van der Waals surface area contributed by atoms with E-state index in [1.165, 1.54) is 5.56 Å². The van der Waals surface area contributed by atoms with E-state index in [2.05, 4.69) is 30.0 Å². The minimum absolute atomic E-state index is 0.136. The molecule has 1 heterocycles. The summed E-state index contributed by atoms with van der Waals surface area (Å²) in [6.45, 7) is 4.84. The Labute approximate surface area is 161 Å². The number of nitrogens with zero attached hydrogens (tertiary/aromatic N) is 4. The molecule has 2 aromatic carbocycles. The van der Waals surface area contributed by atoms with Gasteiger partial charge in [-0.25, -0.2) is 0 Å². The van der Waals surface area contributed by atoms with Gasteiger partial charge in [0.2, 0.25) is 5.91 Å². The number of carbonyl (C=O) groups excluding carboxylic acids is 1. The van der Waals surface area contributed by atoms with Gasteiger partial charge < -0.3 is 9.80 Å². The first-order chi connectivity index (χ1) is 13.0. The number of hydrogen-bond acceptors (Lipinski definition) is 4. The Balaban J connectivity index is 1.71. The molecule has 0 radical (unpaired) electrons. The Morgan fingerprint density at radius 2 is 1.67 bits per heavy atom. The number of rotatable bonds is 4. The van der Waals surface area contributed by atoms with Crippen LogP contribution in [0.1, 0.15) is 22.7 Å². The van der Waals surface area contributed by atoms with Crippen molar-refractivity contribution < 1.29 is 4.79 Å². The minimum atomic E-state index is -0.274. The summed E-state index contributed by atoms with van der Waals surface area (Å²) in [5, 5.41) is 9.32. The fourth-order valence-electron chi connectivity index (χ4n) is 3.59. The van der Waals surface area contributed by atoms with Gasteiger partial charge in [-0.3, -0.25) is 9.69 Å². The second kappa shape index (κ2) is 8.24. The molecule has 2 aromatic rings. The van der Waals surface area contributed by atoms with Crippen molar-refractivity contribution >= 4 is 11.6 Å². The molecular weight excluding hydrogens is 336 g/mol. The van der Waals surface area contributed by atoms with Crippen molar-refractivity contribution in [2.45, 2.75) is 13.0 Å². The standard InChI is InChI=1S/C22H26N4O/c1-17-8-10-18(11-9-17)21(24(2)3)22(27)26-14-12-25(13-15-26)20-7-5-4-6-19(20)16-23/h4-11,21H,12-15H2,1-3H3/t21-/m0/s1. The second-order valence-electron chi connectivity index (χ2n) is 7.22.